The van der Waals surface area contributed by atoms with Crippen molar-refractivity contribution in [1.82, 2.24) is 0 Å². The summed E-state index contributed by atoms with van der Waals surface area (Å²) in [6, 6.07) is 7.53. The van der Waals surface area contributed by atoms with Crippen LogP contribution in [0.25, 0.3) is 10.8 Å². The van der Waals surface area contributed by atoms with Gasteiger partial charge in [0.25, 0.3) is 0 Å². The van der Waals surface area contributed by atoms with E-state index in [0.717, 1.165) is 21.9 Å². The number of phenolic OH excluding ortho intramolecular Hbond substituents is 2. The molecule has 2 aromatic rings. The summed E-state index contributed by atoms with van der Waals surface area (Å²) in [5.41, 5.74) is 1.63. The van der Waals surface area contributed by atoms with Gasteiger partial charge in [-0.25, -0.2) is 0 Å². The summed E-state index contributed by atoms with van der Waals surface area (Å²) >= 11 is 0. The van der Waals surface area contributed by atoms with Gasteiger partial charge in [0.1, 0.15) is 11.5 Å². The van der Waals surface area contributed by atoms with Crippen LogP contribution in [0.5, 0.6) is 11.5 Å². The first-order valence-electron chi connectivity index (χ1n) is 7.01. The van der Waals surface area contributed by atoms with Crippen LogP contribution in [0.2, 0.25) is 0 Å². The molecule has 2 heteroatoms. The van der Waals surface area contributed by atoms with Crippen LogP contribution in [0.15, 0.2) is 24.3 Å². The molecule has 2 N–H and O–H groups in total. The zero-order chi connectivity index (χ0) is 15.3. The minimum absolute atomic E-state index is 0.113. The zero-order valence-electron chi connectivity index (χ0n) is 13.2. The first-order chi connectivity index (χ1) is 9.00. The molecule has 108 valence electrons. The summed E-state index contributed by atoms with van der Waals surface area (Å²) in [4.78, 5) is 0. The van der Waals surface area contributed by atoms with E-state index >= 15 is 0 Å². The minimum Gasteiger partial charge on any atom is -0.508 e. The molecule has 2 aromatic carbocycles. The summed E-state index contributed by atoms with van der Waals surface area (Å²) in [7, 11) is 0. The maximum absolute atomic E-state index is 10.2. The van der Waals surface area contributed by atoms with Crippen molar-refractivity contribution < 1.29 is 10.2 Å². The van der Waals surface area contributed by atoms with E-state index in [1.807, 2.05) is 12.1 Å². The molecule has 0 unspecified atom stereocenters. The number of benzene rings is 2. The van der Waals surface area contributed by atoms with Crippen LogP contribution in [-0.2, 0) is 10.8 Å². The van der Waals surface area contributed by atoms with Crippen molar-refractivity contribution in [3.63, 3.8) is 0 Å². The highest BCUT2D eigenvalue weighted by atomic mass is 16.3. The molecule has 0 aliphatic heterocycles. The van der Waals surface area contributed by atoms with Crippen LogP contribution in [0.3, 0.4) is 0 Å². The second-order valence-corrected chi connectivity index (χ2v) is 7.59. The molecule has 0 aliphatic rings. The average Bonchev–Trinajstić information content (AvgIpc) is 2.24. The van der Waals surface area contributed by atoms with Gasteiger partial charge in [-0.15, -0.1) is 0 Å². The fourth-order valence-corrected chi connectivity index (χ4v) is 2.53. The molecule has 0 aromatic heterocycles. The van der Waals surface area contributed by atoms with Crippen molar-refractivity contribution in [3.8, 4) is 11.5 Å². The Labute approximate surface area is 121 Å². The molecule has 0 atom stereocenters. The fraction of sp³-hybridized carbons (Fsp3) is 0.444. The number of hydrogen-bond acceptors (Lipinski definition) is 2. The summed E-state index contributed by atoms with van der Waals surface area (Å²) in [6.07, 6.45) is 0. The highest BCUT2D eigenvalue weighted by Crippen LogP contribution is 2.38. The molecule has 0 amide bonds. The van der Waals surface area contributed by atoms with E-state index in [-0.39, 0.29) is 22.3 Å². The molecule has 0 fully saturated rings. The van der Waals surface area contributed by atoms with E-state index in [4.69, 9.17) is 0 Å². The smallest absolute Gasteiger partial charge is 0.119 e. The molecule has 0 bridgehead atoms. The predicted octanol–water partition coefficient (Wildman–Crippen LogP) is 4.85. The Bertz CT molecular complexity index is 601. The van der Waals surface area contributed by atoms with Crippen LogP contribution in [-0.4, -0.2) is 10.2 Å². The van der Waals surface area contributed by atoms with E-state index in [1.54, 1.807) is 12.1 Å². The van der Waals surface area contributed by atoms with E-state index in [1.165, 1.54) is 0 Å². The molecule has 2 rings (SSSR count). The number of rotatable bonds is 0. The van der Waals surface area contributed by atoms with Crippen molar-refractivity contribution in [2.45, 2.75) is 52.4 Å². The van der Waals surface area contributed by atoms with Crippen molar-refractivity contribution in [2.75, 3.05) is 0 Å². The quantitative estimate of drug-likeness (QED) is 0.720. The van der Waals surface area contributed by atoms with E-state index in [2.05, 4.69) is 41.5 Å². The van der Waals surface area contributed by atoms with Crippen molar-refractivity contribution in [1.29, 1.82) is 0 Å². The fourth-order valence-electron chi connectivity index (χ4n) is 2.53. The number of aromatic hydroxyl groups is 2. The van der Waals surface area contributed by atoms with Gasteiger partial charge < -0.3 is 10.2 Å². The van der Waals surface area contributed by atoms with E-state index in [0.29, 0.717) is 0 Å². The average molecular weight is 272 g/mol. The summed E-state index contributed by atoms with van der Waals surface area (Å²) in [5, 5.41) is 22.3. The monoisotopic (exact) mass is 272 g/mol. The topological polar surface area (TPSA) is 40.5 Å². The Kier molecular flexibility index (Phi) is 3.24. The SMILES string of the molecule is CC(C)(C)c1cc2cc(C(C)(C)C)c(O)cc2cc1O. The normalized spacial score (nSPS) is 12.9. The third-order valence-electron chi connectivity index (χ3n) is 3.69. The second kappa shape index (κ2) is 4.41. The van der Waals surface area contributed by atoms with Gasteiger partial charge in [-0.05, 0) is 57.0 Å². The first-order valence-corrected chi connectivity index (χ1v) is 7.01. The number of hydrogen-bond donors (Lipinski definition) is 2. The second-order valence-electron chi connectivity index (χ2n) is 7.59. The molecule has 20 heavy (non-hydrogen) atoms. The molecule has 0 aliphatic carbocycles. The first kappa shape index (κ1) is 14.7. The number of fused-ring (bicyclic) bond motifs is 1. The van der Waals surface area contributed by atoms with Gasteiger partial charge in [-0.3, -0.25) is 0 Å². The summed E-state index contributed by atoms with van der Waals surface area (Å²) in [6.45, 7) is 12.5. The maximum Gasteiger partial charge on any atom is 0.119 e. The van der Waals surface area contributed by atoms with Crippen LogP contribution in [0.4, 0.5) is 0 Å². The van der Waals surface area contributed by atoms with Crippen molar-refractivity contribution >= 4 is 10.8 Å². The molecule has 0 saturated carbocycles. The van der Waals surface area contributed by atoms with Crippen LogP contribution in [0.1, 0.15) is 52.7 Å². The number of phenols is 2. The van der Waals surface area contributed by atoms with Crippen LogP contribution >= 0.6 is 0 Å². The Hall–Kier alpha value is -1.70. The third kappa shape index (κ3) is 2.60. The van der Waals surface area contributed by atoms with Gasteiger partial charge in [0.15, 0.2) is 0 Å². The Morgan fingerprint density at radius 2 is 0.900 bits per heavy atom. The largest absolute Gasteiger partial charge is 0.508 e. The van der Waals surface area contributed by atoms with E-state index < -0.39 is 0 Å². The Balaban J connectivity index is 2.77. The van der Waals surface area contributed by atoms with Gasteiger partial charge in [0.2, 0.25) is 0 Å². The molecular weight excluding hydrogens is 248 g/mol. The van der Waals surface area contributed by atoms with Gasteiger partial charge >= 0.3 is 0 Å². The summed E-state index contributed by atoms with van der Waals surface area (Å²) < 4.78 is 0. The molecular formula is C18H24O2. The molecule has 2 nitrogen and oxygen atoms in total. The van der Waals surface area contributed by atoms with Crippen LogP contribution < -0.4 is 0 Å². The molecule has 0 saturated heterocycles. The van der Waals surface area contributed by atoms with E-state index in [9.17, 15) is 10.2 Å². The van der Waals surface area contributed by atoms with Gasteiger partial charge in [0, 0.05) is 0 Å². The summed E-state index contributed by atoms with van der Waals surface area (Å²) in [5.74, 6) is 0.570. The standard InChI is InChI=1S/C18H24O2/c1-17(2,3)13-7-11-8-14(18(4,5)6)16(20)10-12(11)9-15(13)19/h7-10,19-20H,1-6H3. The maximum atomic E-state index is 10.2. The van der Waals surface area contributed by atoms with Gasteiger partial charge in [0.05, 0.1) is 0 Å². The zero-order valence-corrected chi connectivity index (χ0v) is 13.2. The Morgan fingerprint density at radius 3 is 1.20 bits per heavy atom. The highest BCUT2D eigenvalue weighted by Gasteiger charge is 2.22. The highest BCUT2D eigenvalue weighted by molar-refractivity contribution is 5.87. The minimum atomic E-state index is -0.113. The lowest BCUT2D eigenvalue weighted by atomic mass is 9.82. The van der Waals surface area contributed by atoms with Crippen LogP contribution in [0, 0.1) is 0 Å². The lowest BCUT2D eigenvalue weighted by Crippen LogP contribution is -2.12. The van der Waals surface area contributed by atoms with Gasteiger partial charge in [-0.2, -0.15) is 0 Å². The molecule has 0 spiro atoms. The van der Waals surface area contributed by atoms with Crippen molar-refractivity contribution in [3.05, 3.63) is 35.4 Å². The molecule has 0 radical (unpaired) electrons. The lowest BCUT2D eigenvalue weighted by molar-refractivity contribution is 0.446. The third-order valence-corrected chi connectivity index (χ3v) is 3.69. The molecule has 0 heterocycles. The van der Waals surface area contributed by atoms with Gasteiger partial charge in [-0.1, -0.05) is 41.5 Å². The van der Waals surface area contributed by atoms with Crippen molar-refractivity contribution in [2.24, 2.45) is 0 Å². The lowest BCUT2D eigenvalue weighted by Gasteiger charge is -2.23. The predicted molar refractivity (Wildman–Crippen MR) is 84.7 cm³/mol. The Morgan fingerprint density at radius 1 is 0.600 bits per heavy atom.